The predicted octanol–water partition coefficient (Wildman–Crippen LogP) is 4.77. The molecule has 2 amide bonds. The third-order valence-electron chi connectivity index (χ3n) is 5.25. The van der Waals surface area contributed by atoms with Crippen molar-refractivity contribution in [1.29, 1.82) is 0 Å². The first-order valence-electron chi connectivity index (χ1n) is 10.1. The summed E-state index contributed by atoms with van der Waals surface area (Å²) in [6.07, 6.45) is 0.311. The molecule has 1 N–H and O–H groups in total. The standard InChI is InChI=1S/C24H24BrN3O2S/c1-27(2)14-17-5-3-4-6-20(17)16-7-9-19(10-8-16)28-15-18(13-23(28)29)26-24(30)21-11-12-22(25)31-21/h3-12,18H,13-15H2,1-2H3,(H,26,30). The van der Waals surface area contributed by atoms with Crippen molar-refractivity contribution in [2.75, 3.05) is 25.5 Å². The van der Waals surface area contributed by atoms with Gasteiger partial charge in [0.05, 0.1) is 14.7 Å². The van der Waals surface area contributed by atoms with Crippen LogP contribution in [0.4, 0.5) is 5.69 Å². The molecule has 7 heteroatoms. The van der Waals surface area contributed by atoms with Gasteiger partial charge in [-0.25, -0.2) is 0 Å². The van der Waals surface area contributed by atoms with E-state index in [4.69, 9.17) is 0 Å². The molecule has 1 aliphatic heterocycles. The van der Waals surface area contributed by atoms with Crippen LogP contribution in [0.3, 0.4) is 0 Å². The van der Waals surface area contributed by atoms with E-state index in [9.17, 15) is 9.59 Å². The van der Waals surface area contributed by atoms with Crippen LogP contribution in [0.15, 0.2) is 64.5 Å². The van der Waals surface area contributed by atoms with Crippen LogP contribution in [0.25, 0.3) is 11.1 Å². The normalized spacial score (nSPS) is 16.2. The number of anilines is 1. The summed E-state index contributed by atoms with van der Waals surface area (Å²) < 4.78 is 0.911. The van der Waals surface area contributed by atoms with Crippen LogP contribution in [0, 0.1) is 0 Å². The van der Waals surface area contributed by atoms with Crippen molar-refractivity contribution in [2.45, 2.75) is 19.0 Å². The third kappa shape index (κ3) is 5.06. The van der Waals surface area contributed by atoms with Gasteiger partial charge in [0.15, 0.2) is 0 Å². The second-order valence-electron chi connectivity index (χ2n) is 7.92. The number of hydrogen-bond acceptors (Lipinski definition) is 4. The molecule has 1 atom stereocenters. The number of carbonyl (C=O) groups excluding carboxylic acids is 2. The zero-order valence-corrected chi connectivity index (χ0v) is 19.9. The molecular formula is C24H24BrN3O2S. The highest BCUT2D eigenvalue weighted by molar-refractivity contribution is 9.11. The van der Waals surface area contributed by atoms with Crippen LogP contribution in [-0.2, 0) is 11.3 Å². The van der Waals surface area contributed by atoms with Gasteiger partial charge in [-0.15, -0.1) is 11.3 Å². The fraction of sp³-hybridized carbons (Fsp3) is 0.250. The van der Waals surface area contributed by atoms with E-state index in [1.165, 1.54) is 22.5 Å². The topological polar surface area (TPSA) is 52.6 Å². The lowest BCUT2D eigenvalue weighted by Crippen LogP contribution is -2.36. The number of nitrogens with zero attached hydrogens (tertiary/aromatic N) is 2. The van der Waals surface area contributed by atoms with Gasteiger partial charge in [0.25, 0.3) is 5.91 Å². The van der Waals surface area contributed by atoms with E-state index >= 15 is 0 Å². The van der Waals surface area contributed by atoms with Gasteiger partial charge in [0.2, 0.25) is 5.91 Å². The number of hydrogen-bond donors (Lipinski definition) is 1. The Hall–Kier alpha value is -2.48. The molecule has 0 radical (unpaired) electrons. The molecule has 1 aliphatic rings. The maximum atomic E-state index is 12.6. The van der Waals surface area contributed by atoms with Gasteiger partial charge in [-0.1, -0.05) is 36.4 Å². The maximum absolute atomic E-state index is 12.6. The monoisotopic (exact) mass is 497 g/mol. The first kappa shape index (κ1) is 21.7. The Balaban J connectivity index is 1.46. The molecule has 0 spiro atoms. The number of thiophene rings is 1. The summed E-state index contributed by atoms with van der Waals surface area (Å²) in [7, 11) is 4.12. The van der Waals surface area contributed by atoms with Gasteiger partial charge in [0.1, 0.15) is 0 Å². The molecule has 5 nitrogen and oxygen atoms in total. The highest BCUT2D eigenvalue weighted by Gasteiger charge is 2.32. The number of carbonyl (C=O) groups is 2. The molecule has 3 aromatic rings. The lowest BCUT2D eigenvalue weighted by molar-refractivity contribution is -0.117. The Kier molecular flexibility index (Phi) is 6.55. The molecule has 0 saturated carbocycles. The van der Waals surface area contributed by atoms with E-state index in [0.29, 0.717) is 17.8 Å². The second-order valence-corrected chi connectivity index (χ2v) is 10.4. The van der Waals surface area contributed by atoms with Crippen molar-refractivity contribution in [2.24, 2.45) is 0 Å². The minimum atomic E-state index is -0.193. The molecule has 1 aromatic heterocycles. The van der Waals surface area contributed by atoms with Gasteiger partial charge < -0.3 is 15.1 Å². The average molecular weight is 498 g/mol. The first-order chi connectivity index (χ1) is 14.9. The van der Waals surface area contributed by atoms with Crippen LogP contribution in [0.2, 0.25) is 0 Å². The SMILES string of the molecule is CN(C)Cc1ccccc1-c1ccc(N2CC(NC(=O)c3ccc(Br)s3)CC2=O)cc1. The van der Waals surface area contributed by atoms with Crippen molar-refractivity contribution in [3.05, 3.63) is 74.9 Å². The van der Waals surface area contributed by atoms with Gasteiger partial charge in [-0.3, -0.25) is 9.59 Å². The largest absolute Gasteiger partial charge is 0.346 e. The van der Waals surface area contributed by atoms with Crippen LogP contribution in [0.5, 0.6) is 0 Å². The molecule has 2 aromatic carbocycles. The van der Waals surface area contributed by atoms with Gasteiger partial charge in [-0.2, -0.15) is 0 Å². The molecule has 0 aliphatic carbocycles. The quantitative estimate of drug-likeness (QED) is 0.533. The van der Waals surface area contributed by atoms with Gasteiger partial charge >= 0.3 is 0 Å². The van der Waals surface area contributed by atoms with Crippen molar-refractivity contribution < 1.29 is 9.59 Å². The Morgan fingerprint density at radius 3 is 2.55 bits per heavy atom. The Morgan fingerprint density at radius 2 is 1.87 bits per heavy atom. The summed E-state index contributed by atoms with van der Waals surface area (Å²) in [4.78, 5) is 29.6. The second kappa shape index (κ2) is 9.34. The minimum Gasteiger partial charge on any atom is -0.346 e. The van der Waals surface area contributed by atoms with Crippen LogP contribution < -0.4 is 10.2 Å². The summed E-state index contributed by atoms with van der Waals surface area (Å²) in [5, 5.41) is 2.99. The first-order valence-corrected chi connectivity index (χ1v) is 11.7. The van der Waals surface area contributed by atoms with Gasteiger partial charge in [-0.05, 0) is 71.0 Å². The summed E-state index contributed by atoms with van der Waals surface area (Å²) >= 11 is 4.76. The molecule has 31 heavy (non-hydrogen) atoms. The number of halogens is 1. The van der Waals surface area contributed by atoms with Crippen molar-refractivity contribution >= 4 is 44.8 Å². The van der Waals surface area contributed by atoms with E-state index in [-0.39, 0.29) is 17.9 Å². The van der Waals surface area contributed by atoms with Gasteiger partial charge in [0, 0.05) is 25.2 Å². The predicted molar refractivity (Wildman–Crippen MR) is 130 cm³/mol. The van der Waals surface area contributed by atoms with Crippen molar-refractivity contribution in [3.8, 4) is 11.1 Å². The smallest absolute Gasteiger partial charge is 0.261 e. The van der Waals surface area contributed by atoms with Crippen LogP contribution in [0.1, 0.15) is 21.7 Å². The Bertz CT molecular complexity index is 1090. The van der Waals surface area contributed by atoms with Crippen molar-refractivity contribution in [1.82, 2.24) is 10.2 Å². The molecule has 0 bridgehead atoms. The highest BCUT2D eigenvalue weighted by Crippen LogP contribution is 2.29. The maximum Gasteiger partial charge on any atom is 0.261 e. The fourth-order valence-corrected chi connectivity index (χ4v) is 5.14. The van der Waals surface area contributed by atoms with Crippen molar-refractivity contribution in [3.63, 3.8) is 0 Å². The molecule has 4 rings (SSSR count). The number of rotatable bonds is 6. The van der Waals surface area contributed by atoms with Crippen LogP contribution in [-0.4, -0.2) is 43.4 Å². The molecule has 160 valence electrons. The Labute approximate surface area is 194 Å². The van der Waals surface area contributed by atoms with Crippen LogP contribution >= 0.6 is 27.3 Å². The number of benzene rings is 2. The molecule has 1 saturated heterocycles. The highest BCUT2D eigenvalue weighted by atomic mass is 79.9. The summed E-state index contributed by atoms with van der Waals surface area (Å²) in [6, 6.07) is 19.9. The van der Waals surface area contributed by atoms with E-state index in [1.54, 1.807) is 11.0 Å². The third-order valence-corrected chi connectivity index (χ3v) is 6.87. The zero-order valence-electron chi connectivity index (χ0n) is 17.5. The fourth-order valence-electron chi connectivity index (χ4n) is 3.85. The van der Waals surface area contributed by atoms with E-state index < -0.39 is 0 Å². The average Bonchev–Trinajstić information content (AvgIpc) is 3.33. The molecular weight excluding hydrogens is 474 g/mol. The number of nitrogens with one attached hydrogen (secondary N) is 1. The molecule has 2 heterocycles. The summed E-state index contributed by atoms with van der Waals surface area (Å²) in [6.45, 7) is 1.35. The molecule has 1 fully saturated rings. The van der Waals surface area contributed by atoms with E-state index in [0.717, 1.165) is 21.6 Å². The molecule has 1 unspecified atom stereocenters. The zero-order chi connectivity index (χ0) is 22.0. The Morgan fingerprint density at radius 1 is 1.13 bits per heavy atom. The van der Waals surface area contributed by atoms with E-state index in [1.807, 2.05) is 24.3 Å². The van der Waals surface area contributed by atoms with E-state index in [2.05, 4.69) is 70.6 Å². The minimum absolute atomic E-state index is 0.0263. The number of amides is 2. The lowest BCUT2D eigenvalue weighted by Gasteiger charge is -2.18. The summed E-state index contributed by atoms with van der Waals surface area (Å²) in [5.41, 5.74) is 4.44. The lowest BCUT2D eigenvalue weighted by atomic mass is 9.99. The summed E-state index contributed by atoms with van der Waals surface area (Å²) in [5.74, 6) is -0.110.